The van der Waals surface area contributed by atoms with E-state index in [0.717, 1.165) is 26.3 Å². The van der Waals surface area contributed by atoms with Gasteiger partial charge in [0.05, 0.1) is 25.4 Å². The molecule has 0 aliphatic carbocycles. The van der Waals surface area contributed by atoms with Crippen molar-refractivity contribution in [2.45, 2.75) is 26.1 Å². The van der Waals surface area contributed by atoms with Crippen LogP contribution in [0, 0.1) is 13.8 Å². The molecule has 3 rings (SSSR count). The van der Waals surface area contributed by atoms with Crippen LogP contribution in [0.15, 0.2) is 18.2 Å². The van der Waals surface area contributed by atoms with Gasteiger partial charge in [-0.2, -0.15) is 0 Å². The number of hydrogen-bond acceptors (Lipinski definition) is 3. The van der Waals surface area contributed by atoms with E-state index >= 15 is 0 Å². The van der Waals surface area contributed by atoms with Gasteiger partial charge < -0.3 is 14.4 Å². The zero-order valence-corrected chi connectivity index (χ0v) is 10.5. The third kappa shape index (κ3) is 2.99. The van der Waals surface area contributed by atoms with Crippen LogP contribution < -0.4 is 4.90 Å². The van der Waals surface area contributed by atoms with Gasteiger partial charge in [-0.05, 0) is 37.1 Å². The van der Waals surface area contributed by atoms with Crippen LogP contribution in [0.2, 0.25) is 0 Å². The van der Waals surface area contributed by atoms with Crippen LogP contribution in [0.3, 0.4) is 0 Å². The monoisotopic (exact) mass is 233 g/mol. The molecule has 0 amide bonds. The van der Waals surface area contributed by atoms with E-state index < -0.39 is 0 Å². The molecule has 92 valence electrons. The molecule has 0 saturated carbocycles. The van der Waals surface area contributed by atoms with Crippen molar-refractivity contribution in [2.75, 3.05) is 31.2 Å². The molecule has 2 aliphatic heterocycles. The van der Waals surface area contributed by atoms with Crippen LogP contribution >= 0.6 is 0 Å². The number of ether oxygens (including phenoxy) is 2. The standard InChI is InChI=1S/C14H19NO2/c1-10-3-11(2)5-12(4-10)15(6-13-8-16-13)7-14-9-17-14/h3-5,13-14H,6-9H2,1-2H3. The lowest BCUT2D eigenvalue weighted by molar-refractivity contribution is 0.389. The van der Waals surface area contributed by atoms with Crippen molar-refractivity contribution >= 4 is 5.69 Å². The summed E-state index contributed by atoms with van der Waals surface area (Å²) in [7, 11) is 0. The van der Waals surface area contributed by atoms with Crippen LogP contribution in [-0.2, 0) is 9.47 Å². The maximum absolute atomic E-state index is 5.34. The maximum Gasteiger partial charge on any atom is 0.0984 e. The third-order valence-corrected chi connectivity index (χ3v) is 3.22. The average Bonchev–Trinajstić information content (AvgIpc) is 3.09. The fourth-order valence-electron chi connectivity index (χ4n) is 2.26. The van der Waals surface area contributed by atoms with Gasteiger partial charge in [-0.1, -0.05) is 6.07 Å². The van der Waals surface area contributed by atoms with E-state index in [-0.39, 0.29) is 0 Å². The van der Waals surface area contributed by atoms with Crippen molar-refractivity contribution in [3.05, 3.63) is 29.3 Å². The minimum Gasteiger partial charge on any atom is -0.371 e. The van der Waals surface area contributed by atoms with E-state index in [4.69, 9.17) is 9.47 Å². The summed E-state index contributed by atoms with van der Waals surface area (Å²) in [6.45, 7) is 8.09. The van der Waals surface area contributed by atoms with E-state index in [1.165, 1.54) is 16.8 Å². The Morgan fingerprint density at radius 2 is 1.47 bits per heavy atom. The minimum atomic E-state index is 0.426. The highest BCUT2D eigenvalue weighted by Crippen LogP contribution is 2.24. The molecule has 2 unspecified atom stereocenters. The van der Waals surface area contributed by atoms with Crippen LogP contribution in [-0.4, -0.2) is 38.5 Å². The van der Waals surface area contributed by atoms with Gasteiger partial charge in [-0.25, -0.2) is 0 Å². The highest BCUT2D eigenvalue weighted by molar-refractivity contribution is 5.51. The third-order valence-electron chi connectivity index (χ3n) is 3.22. The Labute approximate surface area is 102 Å². The predicted octanol–water partition coefficient (Wildman–Crippen LogP) is 1.91. The SMILES string of the molecule is Cc1cc(C)cc(N(CC2CO2)CC2CO2)c1. The van der Waals surface area contributed by atoms with Gasteiger partial charge in [0.2, 0.25) is 0 Å². The summed E-state index contributed by atoms with van der Waals surface area (Å²) in [5, 5.41) is 0. The van der Waals surface area contributed by atoms with Crippen LogP contribution in [0.5, 0.6) is 0 Å². The fraction of sp³-hybridized carbons (Fsp3) is 0.571. The molecular formula is C14H19NO2. The number of aryl methyl sites for hydroxylation is 2. The van der Waals surface area contributed by atoms with Gasteiger partial charge in [0.15, 0.2) is 0 Å². The summed E-state index contributed by atoms with van der Waals surface area (Å²) in [6, 6.07) is 6.71. The van der Waals surface area contributed by atoms with E-state index in [0.29, 0.717) is 12.2 Å². The minimum absolute atomic E-state index is 0.426. The molecule has 3 nitrogen and oxygen atoms in total. The first-order chi connectivity index (χ1) is 8.20. The second kappa shape index (κ2) is 4.31. The molecule has 0 aromatic heterocycles. The molecule has 2 atom stereocenters. The number of benzene rings is 1. The van der Waals surface area contributed by atoms with E-state index in [1.54, 1.807) is 0 Å². The lowest BCUT2D eigenvalue weighted by Crippen LogP contribution is -2.31. The molecule has 0 radical (unpaired) electrons. The average molecular weight is 233 g/mol. The lowest BCUT2D eigenvalue weighted by Gasteiger charge is -2.24. The Hall–Kier alpha value is -1.06. The first-order valence-corrected chi connectivity index (χ1v) is 6.27. The van der Waals surface area contributed by atoms with Crippen molar-refractivity contribution in [2.24, 2.45) is 0 Å². The van der Waals surface area contributed by atoms with Crippen LogP contribution in [0.25, 0.3) is 0 Å². The van der Waals surface area contributed by atoms with Gasteiger partial charge in [0, 0.05) is 18.8 Å². The molecule has 2 aliphatic rings. The number of anilines is 1. The molecule has 0 bridgehead atoms. The molecule has 1 aromatic carbocycles. The van der Waals surface area contributed by atoms with Gasteiger partial charge in [0.1, 0.15) is 0 Å². The normalized spacial score (nSPS) is 25.8. The molecule has 3 heteroatoms. The molecule has 17 heavy (non-hydrogen) atoms. The first-order valence-electron chi connectivity index (χ1n) is 6.27. The van der Waals surface area contributed by atoms with Crippen molar-refractivity contribution in [3.8, 4) is 0 Å². The van der Waals surface area contributed by atoms with Crippen molar-refractivity contribution < 1.29 is 9.47 Å². The molecule has 1 aromatic rings. The Morgan fingerprint density at radius 3 is 1.88 bits per heavy atom. The quantitative estimate of drug-likeness (QED) is 0.727. The van der Waals surface area contributed by atoms with Crippen molar-refractivity contribution in [3.63, 3.8) is 0 Å². The highest BCUT2D eigenvalue weighted by atomic mass is 16.6. The summed E-state index contributed by atoms with van der Waals surface area (Å²) in [5.41, 5.74) is 3.94. The van der Waals surface area contributed by atoms with Crippen LogP contribution in [0.4, 0.5) is 5.69 Å². The Morgan fingerprint density at radius 1 is 1.00 bits per heavy atom. The number of rotatable bonds is 5. The molecule has 0 N–H and O–H groups in total. The summed E-state index contributed by atoms with van der Waals surface area (Å²) in [4.78, 5) is 2.40. The lowest BCUT2D eigenvalue weighted by atomic mass is 10.1. The Balaban J connectivity index is 1.78. The summed E-state index contributed by atoms with van der Waals surface area (Å²) in [6.07, 6.45) is 0.851. The topological polar surface area (TPSA) is 28.3 Å². The van der Waals surface area contributed by atoms with Crippen LogP contribution in [0.1, 0.15) is 11.1 Å². The Kier molecular flexibility index (Phi) is 2.81. The largest absolute Gasteiger partial charge is 0.371 e. The maximum atomic E-state index is 5.34. The summed E-state index contributed by atoms with van der Waals surface area (Å²) in [5.74, 6) is 0. The van der Waals surface area contributed by atoms with Crippen molar-refractivity contribution in [1.82, 2.24) is 0 Å². The fourth-order valence-corrected chi connectivity index (χ4v) is 2.26. The van der Waals surface area contributed by atoms with Gasteiger partial charge in [-0.15, -0.1) is 0 Å². The molecule has 2 heterocycles. The number of hydrogen-bond donors (Lipinski definition) is 0. The molecular weight excluding hydrogens is 214 g/mol. The molecule has 0 spiro atoms. The second-order valence-corrected chi connectivity index (χ2v) is 5.16. The molecule has 2 fully saturated rings. The first kappa shape index (κ1) is 11.1. The second-order valence-electron chi connectivity index (χ2n) is 5.16. The zero-order valence-electron chi connectivity index (χ0n) is 10.5. The van der Waals surface area contributed by atoms with Gasteiger partial charge in [-0.3, -0.25) is 0 Å². The number of nitrogens with zero attached hydrogens (tertiary/aromatic N) is 1. The van der Waals surface area contributed by atoms with E-state index in [1.807, 2.05) is 0 Å². The smallest absolute Gasteiger partial charge is 0.0984 e. The van der Waals surface area contributed by atoms with Crippen molar-refractivity contribution in [1.29, 1.82) is 0 Å². The van der Waals surface area contributed by atoms with E-state index in [9.17, 15) is 0 Å². The van der Waals surface area contributed by atoms with Gasteiger partial charge in [0.25, 0.3) is 0 Å². The van der Waals surface area contributed by atoms with Gasteiger partial charge >= 0.3 is 0 Å². The zero-order chi connectivity index (χ0) is 11.8. The summed E-state index contributed by atoms with van der Waals surface area (Å²) >= 11 is 0. The predicted molar refractivity (Wildman–Crippen MR) is 67.6 cm³/mol. The summed E-state index contributed by atoms with van der Waals surface area (Å²) < 4.78 is 10.7. The number of epoxide rings is 2. The van der Waals surface area contributed by atoms with E-state index in [2.05, 4.69) is 36.9 Å². The molecule has 2 saturated heterocycles. The highest BCUT2D eigenvalue weighted by Gasteiger charge is 2.30. The Bertz CT molecular complexity index is 376.